The minimum Gasteiger partial charge on any atom is -0.330 e. The zero-order valence-electron chi connectivity index (χ0n) is 6.08. The molecule has 0 saturated carbocycles. The summed E-state index contributed by atoms with van der Waals surface area (Å²) in [6.07, 6.45) is 1.38. The molecule has 0 bridgehead atoms. The lowest BCUT2D eigenvalue weighted by Crippen LogP contribution is -2.22. The van der Waals surface area contributed by atoms with Gasteiger partial charge < -0.3 is 10.5 Å². The van der Waals surface area contributed by atoms with Gasteiger partial charge in [0.15, 0.2) is 0 Å². The van der Waals surface area contributed by atoms with Gasteiger partial charge in [-0.1, -0.05) is 6.92 Å². The highest BCUT2D eigenvalue weighted by molar-refractivity contribution is 7.86. The van der Waals surface area contributed by atoms with Crippen molar-refractivity contribution in [3.63, 3.8) is 0 Å². The van der Waals surface area contributed by atoms with Gasteiger partial charge in [0, 0.05) is 23.1 Å². The average molecular weight is 163 g/mol. The van der Waals surface area contributed by atoms with Crippen LogP contribution in [0, 0.1) is 0 Å². The molecule has 0 rings (SSSR count). The van der Waals surface area contributed by atoms with Gasteiger partial charge in [-0.15, -0.1) is 0 Å². The molecule has 2 N–H and O–H groups in total. The van der Waals surface area contributed by atoms with E-state index in [-0.39, 0.29) is 5.25 Å². The van der Waals surface area contributed by atoms with Crippen LogP contribution in [-0.2, 0) is 15.6 Å². The van der Waals surface area contributed by atoms with Crippen LogP contribution in [0.3, 0.4) is 0 Å². The van der Waals surface area contributed by atoms with Crippen LogP contribution in [0.5, 0.6) is 0 Å². The molecule has 0 aromatic heterocycles. The van der Waals surface area contributed by atoms with Crippen molar-refractivity contribution in [1.29, 1.82) is 0 Å². The largest absolute Gasteiger partial charge is 0.330 e. The summed E-state index contributed by atoms with van der Waals surface area (Å²) < 4.78 is 11.0. The summed E-state index contributed by atoms with van der Waals surface area (Å²) in [5.74, 6) is 0.428. The molecule has 0 heterocycles. The molecule has 0 saturated heterocycles. The molecule has 3 nitrogen and oxygen atoms in total. The first-order chi connectivity index (χ1) is 4.76. The maximum Gasteiger partial charge on any atom is 0.135 e. The summed E-state index contributed by atoms with van der Waals surface area (Å²) in [4.78, 5) is 10.2. The minimum atomic E-state index is -1.05. The molecule has 60 valence electrons. The highest BCUT2D eigenvalue weighted by atomic mass is 32.2. The van der Waals surface area contributed by atoms with Crippen molar-refractivity contribution in [2.24, 2.45) is 5.73 Å². The van der Waals surface area contributed by atoms with Gasteiger partial charge in [0.2, 0.25) is 0 Å². The topological polar surface area (TPSA) is 60.2 Å². The van der Waals surface area contributed by atoms with Crippen molar-refractivity contribution in [2.45, 2.75) is 18.6 Å². The second-order valence-electron chi connectivity index (χ2n) is 1.96. The molecule has 4 heteroatoms. The molecule has 0 aromatic rings. The molecule has 0 aliphatic heterocycles. The van der Waals surface area contributed by atoms with Crippen molar-refractivity contribution in [3.8, 4) is 0 Å². The second kappa shape index (κ2) is 5.56. The van der Waals surface area contributed by atoms with Crippen molar-refractivity contribution in [1.82, 2.24) is 0 Å². The van der Waals surface area contributed by atoms with E-state index in [1.165, 1.54) is 0 Å². The third-order valence-corrected chi connectivity index (χ3v) is 2.97. The van der Waals surface area contributed by atoms with E-state index in [2.05, 4.69) is 0 Å². The maximum absolute atomic E-state index is 11.0. The first-order valence-corrected chi connectivity index (χ1v) is 4.67. The Morgan fingerprint density at radius 1 is 1.70 bits per heavy atom. The summed E-state index contributed by atoms with van der Waals surface area (Å²) in [7, 11) is -1.05. The van der Waals surface area contributed by atoms with Crippen molar-refractivity contribution >= 4 is 17.1 Å². The van der Waals surface area contributed by atoms with Crippen LogP contribution in [0.15, 0.2) is 0 Å². The third kappa shape index (κ3) is 3.08. The monoisotopic (exact) mass is 163 g/mol. The Kier molecular flexibility index (Phi) is 5.43. The van der Waals surface area contributed by atoms with Crippen LogP contribution in [0.4, 0.5) is 0 Å². The fourth-order valence-electron chi connectivity index (χ4n) is 0.612. The van der Waals surface area contributed by atoms with Crippen LogP contribution in [0.25, 0.3) is 0 Å². The van der Waals surface area contributed by atoms with Crippen LogP contribution >= 0.6 is 0 Å². The van der Waals surface area contributed by atoms with E-state index in [4.69, 9.17) is 5.73 Å². The van der Waals surface area contributed by atoms with Crippen molar-refractivity contribution in [2.75, 3.05) is 12.3 Å². The Bertz CT molecular complexity index is 127. The van der Waals surface area contributed by atoms with Crippen LogP contribution in [0.2, 0.25) is 0 Å². The van der Waals surface area contributed by atoms with Gasteiger partial charge in [0.1, 0.15) is 6.29 Å². The van der Waals surface area contributed by atoms with E-state index >= 15 is 0 Å². The van der Waals surface area contributed by atoms with E-state index < -0.39 is 10.8 Å². The fourth-order valence-corrected chi connectivity index (χ4v) is 1.64. The zero-order chi connectivity index (χ0) is 7.98. The smallest absolute Gasteiger partial charge is 0.135 e. The lowest BCUT2D eigenvalue weighted by atomic mass is 10.4. The molecule has 0 aliphatic carbocycles. The summed E-state index contributed by atoms with van der Waals surface area (Å²) in [5, 5.41) is -0.316. The number of rotatable bonds is 5. The zero-order valence-corrected chi connectivity index (χ0v) is 6.89. The molecule has 0 radical (unpaired) electrons. The van der Waals surface area contributed by atoms with Gasteiger partial charge >= 0.3 is 0 Å². The van der Waals surface area contributed by atoms with Gasteiger partial charge in [-0.2, -0.15) is 0 Å². The van der Waals surface area contributed by atoms with Crippen molar-refractivity contribution < 1.29 is 9.00 Å². The first kappa shape index (κ1) is 9.78. The lowest BCUT2D eigenvalue weighted by molar-refractivity contribution is -0.107. The van der Waals surface area contributed by atoms with E-state index in [0.717, 1.165) is 6.29 Å². The molecule has 0 amide bonds. The fraction of sp³-hybridized carbons (Fsp3) is 0.833. The predicted molar refractivity (Wildman–Crippen MR) is 42.2 cm³/mol. The van der Waals surface area contributed by atoms with Crippen LogP contribution < -0.4 is 5.73 Å². The van der Waals surface area contributed by atoms with Gasteiger partial charge in [-0.05, 0) is 6.42 Å². The molecular formula is C6H13NO2S. The molecule has 2 atom stereocenters. The second-order valence-corrected chi connectivity index (χ2v) is 3.73. The molecular weight excluding hydrogens is 150 g/mol. The minimum absolute atomic E-state index is 0.316. The highest BCUT2D eigenvalue weighted by Crippen LogP contribution is 1.97. The molecule has 10 heavy (non-hydrogen) atoms. The quantitative estimate of drug-likeness (QED) is 0.565. The normalized spacial score (nSPS) is 16.2. The Morgan fingerprint density at radius 2 is 2.30 bits per heavy atom. The SMILES string of the molecule is CCC(C=O)S(=O)CCN. The van der Waals surface area contributed by atoms with Gasteiger partial charge in [0.25, 0.3) is 0 Å². The molecule has 0 spiro atoms. The van der Waals surface area contributed by atoms with Gasteiger partial charge in [-0.3, -0.25) is 4.21 Å². The van der Waals surface area contributed by atoms with E-state index in [9.17, 15) is 9.00 Å². The number of hydrogen-bond donors (Lipinski definition) is 1. The number of nitrogens with two attached hydrogens (primary N) is 1. The Hall–Kier alpha value is -0.220. The number of aldehydes is 1. The number of hydrogen-bond acceptors (Lipinski definition) is 3. The van der Waals surface area contributed by atoms with E-state index in [0.29, 0.717) is 18.7 Å². The van der Waals surface area contributed by atoms with Gasteiger partial charge in [0.05, 0.1) is 5.25 Å². The summed E-state index contributed by atoms with van der Waals surface area (Å²) in [5.41, 5.74) is 5.17. The van der Waals surface area contributed by atoms with Crippen molar-refractivity contribution in [3.05, 3.63) is 0 Å². The Labute approximate surface area is 63.4 Å². The standard InChI is InChI=1S/C6H13NO2S/c1-2-6(5-8)10(9)4-3-7/h5-6H,2-4,7H2,1H3. The lowest BCUT2D eigenvalue weighted by Gasteiger charge is -2.04. The summed E-state index contributed by atoms with van der Waals surface area (Å²) in [6, 6.07) is 0. The van der Waals surface area contributed by atoms with Crippen LogP contribution in [-0.4, -0.2) is 28.0 Å². The number of carbonyl (C=O) groups excluding carboxylic acids is 1. The third-order valence-electron chi connectivity index (χ3n) is 1.21. The number of carbonyl (C=O) groups is 1. The molecule has 2 unspecified atom stereocenters. The van der Waals surface area contributed by atoms with E-state index in [1.54, 1.807) is 0 Å². The highest BCUT2D eigenvalue weighted by Gasteiger charge is 2.11. The van der Waals surface area contributed by atoms with E-state index in [1.807, 2.05) is 6.92 Å². The first-order valence-electron chi connectivity index (χ1n) is 3.28. The van der Waals surface area contributed by atoms with Gasteiger partial charge in [-0.25, -0.2) is 0 Å². The average Bonchev–Trinajstić information content (AvgIpc) is 1.91. The van der Waals surface area contributed by atoms with Crippen LogP contribution in [0.1, 0.15) is 13.3 Å². The summed E-state index contributed by atoms with van der Waals surface area (Å²) in [6.45, 7) is 2.23. The predicted octanol–water partition coefficient (Wildman–Crippen LogP) is -0.329. The Morgan fingerprint density at radius 3 is 2.60 bits per heavy atom. The molecule has 0 aromatic carbocycles. The molecule has 0 aliphatic rings. The maximum atomic E-state index is 11.0. The summed E-state index contributed by atoms with van der Waals surface area (Å²) >= 11 is 0. The molecule has 0 fully saturated rings. The Balaban J connectivity index is 3.76.